The molecule has 102 valence electrons. The van der Waals surface area contributed by atoms with Crippen LogP contribution in [0.4, 0.5) is 0 Å². The van der Waals surface area contributed by atoms with E-state index in [9.17, 15) is 0 Å². The van der Waals surface area contributed by atoms with Gasteiger partial charge in [0.05, 0.1) is 12.1 Å². The summed E-state index contributed by atoms with van der Waals surface area (Å²) in [4.78, 5) is 12.2. The highest BCUT2D eigenvalue weighted by molar-refractivity contribution is 6.28. The lowest BCUT2D eigenvalue weighted by atomic mass is 10.3. The van der Waals surface area contributed by atoms with Crippen LogP contribution in [0.5, 0.6) is 6.01 Å². The lowest BCUT2D eigenvalue weighted by molar-refractivity contribution is 0.290. The van der Waals surface area contributed by atoms with E-state index in [1.165, 1.54) is 4.68 Å². The highest BCUT2D eigenvalue weighted by atomic mass is 35.5. The number of para-hydroxylation sites is 1. The van der Waals surface area contributed by atoms with Crippen molar-refractivity contribution in [1.29, 1.82) is 0 Å². The molecule has 0 aliphatic rings. The summed E-state index contributed by atoms with van der Waals surface area (Å²) in [6.07, 6.45) is 0.852. The molecule has 1 aromatic carbocycles. The van der Waals surface area contributed by atoms with Crippen LogP contribution < -0.4 is 4.74 Å². The van der Waals surface area contributed by atoms with Gasteiger partial charge in [-0.05, 0) is 30.2 Å². The van der Waals surface area contributed by atoms with Gasteiger partial charge < -0.3 is 4.74 Å². The molecule has 0 saturated carbocycles. The zero-order valence-electron chi connectivity index (χ0n) is 10.7. The molecule has 0 bridgehead atoms. The van der Waals surface area contributed by atoms with Gasteiger partial charge in [-0.1, -0.05) is 24.3 Å². The zero-order chi connectivity index (χ0) is 13.9. The lowest BCUT2D eigenvalue weighted by Gasteiger charge is -2.05. The van der Waals surface area contributed by atoms with Crippen LogP contribution in [0.2, 0.25) is 5.28 Å². The first-order chi connectivity index (χ1) is 9.78. The molecule has 0 radical (unpaired) electrons. The third-order valence-electron chi connectivity index (χ3n) is 2.55. The molecule has 8 heteroatoms. The summed E-state index contributed by atoms with van der Waals surface area (Å²) in [5, 5.41) is 8.13. The van der Waals surface area contributed by atoms with Crippen LogP contribution >= 0.6 is 11.6 Å². The topological polar surface area (TPSA) is 78.6 Å². The Bertz CT molecular complexity index is 744. The Morgan fingerprint density at radius 2 is 2.05 bits per heavy atom. The lowest BCUT2D eigenvalue weighted by Crippen LogP contribution is -2.08. The van der Waals surface area contributed by atoms with E-state index in [1.807, 2.05) is 31.2 Å². The molecule has 0 saturated heterocycles. The minimum atomic E-state index is 0.0562. The number of halogens is 1. The van der Waals surface area contributed by atoms with Crippen LogP contribution in [0, 0.1) is 0 Å². The van der Waals surface area contributed by atoms with E-state index in [-0.39, 0.29) is 17.2 Å². The number of benzene rings is 1. The maximum absolute atomic E-state index is 5.89. The second-order valence-corrected chi connectivity index (χ2v) is 4.36. The SMILES string of the molecule is CCCOc1nc(Cl)nc(-n2nnc3ccccc32)n1. The van der Waals surface area contributed by atoms with Gasteiger partial charge in [0.15, 0.2) is 0 Å². The molecule has 2 aromatic heterocycles. The van der Waals surface area contributed by atoms with Crippen molar-refractivity contribution in [3.63, 3.8) is 0 Å². The molecule has 0 aliphatic heterocycles. The van der Waals surface area contributed by atoms with Crippen molar-refractivity contribution < 1.29 is 4.74 Å². The van der Waals surface area contributed by atoms with E-state index in [1.54, 1.807) is 0 Å². The highest BCUT2D eigenvalue weighted by Crippen LogP contribution is 2.16. The van der Waals surface area contributed by atoms with Crippen LogP contribution in [0.25, 0.3) is 17.0 Å². The van der Waals surface area contributed by atoms with Crippen molar-refractivity contribution >= 4 is 22.6 Å². The summed E-state index contributed by atoms with van der Waals surface area (Å²) in [7, 11) is 0. The first-order valence-corrected chi connectivity index (χ1v) is 6.51. The molecule has 2 heterocycles. The number of ether oxygens (including phenoxy) is 1. The Morgan fingerprint density at radius 1 is 1.20 bits per heavy atom. The Hall–Kier alpha value is -2.28. The predicted octanol–water partition coefficient (Wildman–Crippen LogP) is 2.05. The number of hydrogen-bond donors (Lipinski definition) is 0. The van der Waals surface area contributed by atoms with Crippen molar-refractivity contribution in [3.05, 3.63) is 29.5 Å². The largest absolute Gasteiger partial charge is 0.463 e. The van der Waals surface area contributed by atoms with Gasteiger partial charge in [0.2, 0.25) is 5.28 Å². The van der Waals surface area contributed by atoms with Gasteiger partial charge >= 0.3 is 6.01 Å². The van der Waals surface area contributed by atoms with Gasteiger partial charge in [-0.2, -0.15) is 19.6 Å². The molecule has 3 aromatic rings. The first-order valence-electron chi connectivity index (χ1n) is 6.13. The molecule has 7 nitrogen and oxygen atoms in total. The summed E-state index contributed by atoms with van der Waals surface area (Å²) >= 11 is 5.89. The minimum absolute atomic E-state index is 0.0562. The Balaban J connectivity index is 2.07. The standard InChI is InChI=1S/C12H11ClN6O/c1-2-7-20-12-15-10(13)14-11(16-12)19-9-6-4-3-5-8(9)17-18-19/h3-6H,2,7H2,1H3. The Labute approximate surface area is 119 Å². The number of nitrogens with zero attached hydrogens (tertiary/aromatic N) is 6. The van der Waals surface area contributed by atoms with Gasteiger partial charge in [-0.15, -0.1) is 5.10 Å². The average Bonchev–Trinajstić information content (AvgIpc) is 2.88. The molecule has 0 fully saturated rings. The van der Waals surface area contributed by atoms with Crippen molar-refractivity contribution in [2.24, 2.45) is 0 Å². The maximum atomic E-state index is 5.89. The number of rotatable bonds is 4. The van der Waals surface area contributed by atoms with Crippen LogP contribution in [-0.4, -0.2) is 36.6 Å². The highest BCUT2D eigenvalue weighted by Gasteiger charge is 2.12. The van der Waals surface area contributed by atoms with E-state index in [0.717, 1.165) is 17.5 Å². The molecular formula is C12H11ClN6O. The van der Waals surface area contributed by atoms with Gasteiger partial charge in [-0.3, -0.25) is 0 Å². The summed E-state index contributed by atoms with van der Waals surface area (Å²) in [6.45, 7) is 2.51. The van der Waals surface area contributed by atoms with Gasteiger partial charge in [-0.25, -0.2) is 0 Å². The van der Waals surface area contributed by atoms with Crippen LogP contribution in [0.3, 0.4) is 0 Å². The number of hydrogen-bond acceptors (Lipinski definition) is 6. The summed E-state index contributed by atoms with van der Waals surface area (Å²) in [6, 6.07) is 7.69. The Morgan fingerprint density at radius 3 is 2.90 bits per heavy atom. The average molecular weight is 291 g/mol. The van der Waals surface area contributed by atoms with Gasteiger partial charge in [0, 0.05) is 0 Å². The molecule has 20 heavy (non-hydrogen) atoms. The fraction of sp³-hybridized carbons (Fsp3) is 0.250. The Kier molecular flexibility index (Phi) is 3.42. The third-order valence-corrected chi connectivity index (χ3v) is 2.72. The molecule has 0 amide bonds. The number of fused-ring (bicyclic) bond motifs is 1. The zero-order valence-corrected chi connectivity index (χ0v) is 11.4. The van der Waals surface area contributed by atoms with Crippen molar-refractivity contribution in [3.8, 4) is 12.0 Å². The van der Waals surface area contributed by atoms with E-state index in [2.05, 4.69) is 25.3 Å². The van der Waals surface area contributed by atoms with E-state index in [0.29, 0.717) is 6.61 Å². The minimum Gasteiger partial charge on any atom is -0.463 e. The van der Waals surface area contributed by atoms with Crippen LogP contribution in [-0.2, 0) is 0 Å². The molecule has 0 spiro atoms. The maximum Gasteiger partial charge on any atom is 0.322 e. The second-order valence-electron chi connectivity index (χ2n) is 4.03. The molecule has 0 atom stereocenters. The van der Waals surface area contributed by atoms with Crippen LogP contribution in [0.15, 0.2) is 24.3 Å². The number of aromatic nitrogens is 6. The van der Waals surface area contributed by atoms with Crippen LogP contribution in [0.1, 0.15) is 13.3 Å². The van der Waals surface area contributed by atoms with Gasteiger partial charge in [0.25, 0.3) is 5.95 Å². The summed E-state index contributed by atoms with van der Waals surface area (Å²) in [5.41, 5.74) is 1.54. The fourth-order valence-electron chi connectivity index (χ4n) is 1.69. The molecule has 0 unspecified atom stereocenters. The predicted molar refractivity (Wildman–Crippen MR) is 73.0 cm³/mol. The normalized spacial score (nSPS) is 10.9. The summed E-state index contributed by atoms with van der Waals surface area (Å²) in [5.74, 6) is 0.282. The quantitative estimate of drug-likeness (QED) is 0.732. The van der Waals surface area contributed by atoms with E-state index < -0.39 is 0 Å². The van der Waals surface area contributed by atoms with Crippen molar-refractivity contribution in [2.45, 2.75) is 13.3 Å². The van der Waals surface area contributed by atoms with Gasteiger partial charge in [0.1, 0.15) is 5.52 Å². The second kappa shape index (κ2) is 5.38. The van der Waals surface area contributed by atoms with E-state index in [4.69, 9.17) is 16.3 Å². The first kappa shape index (κ1) is 12.7. The van der Waals surface area contributed by atoms with E-state index >= 15 is 0 Å². The molecule has 0 aliphatic carbocycles. The molecule has 0 N–H and O–H groups in total. The summed E-state index contributed by atoms with van der Waals surface area (Å²) < 4.78 is 6.88. The smallest absolute Gasteiger partial charge is 0.322 e. The molecule has 3 rings (SSSR count). The van der Waals surface area contributed by atoms with Crippen molar-refractivity contribution in [1.82, 2.24) is 29.9 Å². The fourth-order valence-corrected chi connectivity index (χ4v) is 1.84. The monoisotopic (exact) mass is 290 g/mol. The third kappa shape index (κ3) is 2.39. The van der Waals surface area contributed by atoms with Crippen molar-refractivity contribution in [2.75, 3.05) is 6.61 Å². The molecular weight excluding hydrogens is 280 g/mol.